The van der Waals surface area contributed by atoms with Crippen molar-refractivity contribution in [1.82, 2.24) is 4.90 Å². The van der Waals surface area contributed by atoms with Gasteiger partial charge in [0.05, 0.1) is 6.61 Å². The smallest absolute Gasteiger partial charge is 0.119 e. The van der Waals surface area contributed by atoms with Gasteiger partial charge in [0, 0.05) is 19.0 Å². The highest BCUT2D eigenvalue weighted by molar-refractivity contribution is 5.28. The second kappa shape index (κ2) is 6.76. The van der Waals surface area contributed by atoms with Gasteiger partial charge in [-0.2, -0.15) is 0 Å². The zero-order chi connectivity index (χ0) is 12.8. The molecule has 2 N–H and O–H groups in total. The lowest BCUT2D eigenvalue weighted by Crippen LogP contribution is -2.28. The van der Waals surface area contributed by atoms with Crippen molar-refractivity contribution in [2.45, 2.75) is 26.3 Å². The van der Waals surface area contributed by atoms with E-state index in [1.54, 1.807) is 0 Å². The molecule has 1 aromatic rings. The van der Waals surface area contributed by atoms with Gasteiger partial charge in [0.15, 0.2) is 0 Å². The molecule has 1 fully saturated rings. The quantitative estimate of drug-likeness (QED) is 0.839. The zero-order valence-electron chi connectivity index (χ0n) is 11.3. The van der Waals surface area contributed by atoms with E-state index >= 15 is 0 Å². The summed E-state index contributed by atoms with van der Waals surface area (Å²) < 4.78 is 5.84. The average molecular weight is 248 g/mol. The Balaban J connectivity index is 1.75. The fourth-order valence-corrected chi connectivity index (χ4v) is 2.46. The van der Waals surface area contributed by atoms with E-state index in [9.17, 15) is 0 Å². The van der Waals surface area contributed by atoms with E-state index in [1.165, 1.54) is 25.9 Å². The van der Waals surface area contributed by atoms with Crippen molar-refractivity contribution in [3.63, 3.8) is 0 Å². The minimum absolute atomic E-state index is 0.570. The van der Waals surface area contributed by atoms with Crippen LogP contribution in [0.4, 0.5) is 0 Å². The average Bonchev–Trinajstić information content (AvgIpc) is 2.89. The highest BCUT2D eigenvalue weighted by Gasteiger charge is 2.14. The summed E-state index contributed by atoms with van der Waals surface area (Å²) in [5.41, 5.74) is 6.75. The topological polar surface area (TPSA) is 38.5 Å². The van der Waals surface area contributed by atoms with Gasteiger partial charge >= 0.3 is 0 Å². The Bertz CT molecular complexity index is 361. The van der Waals surface area contributed by atoms with Gasteiger partial charge in [0.2, 0.25) is 0 Å². The molecule has 0 radical (unpaired) electrons. The lowest BCUT2D eigenvalue weighted by molar-refractivity contribution is 0.206. The molecule has 1 heterocycles. The molecule has 3 heteroatoms. The van der Waals surface area contributed by atoms with Crippen LogP contribution in [-0.4, -0.2) is 31.1 Å². The monoisotopic (exact) mass is 248 g/mol. The summed E-state index contributed by atoms with van der Waals surface area (Å²) in [6, 6.07) is 8.06. The van der Waals surface area contributed by atoms with Crippen LogP contribution in [0, 0.1) is 5.92 Å². The van der Waals surface area contributed by atoms with Gasteiger partial charge in [-0.25, -0.2) is 0 Å². The van der Waals surface area contributed by atoms with E-state index in [4.69, 9.17) is 10.5 Å². The molecule has 2 rings (SSSR count). The molecule has 1 aromatic carbocycles. The van der Waals surface area contributed by atoms with Crippen molar-refractivity contribution in [3.05, 3.63) is 29.8 Å². The van der Waals surface area contributed by atoms with Crippen LogP contribution >= 0.6 is 0 Å². The number of nitrogens with two attached hydrogens (primary N) is 1. The Morgan fingerprint density at radius 1 is 1.33 bits per heavy atom. The summed E-state index contributed by atoms with van der Waals surface area (Å²) in [5.74, 6) is 1.51. The SMILES string of the molecule is CC(COc1cccc(CN)c1)CN1CCCC1. The molecule has 3 nitrogen and oxygen atoms in total. The first-order chi connectivity index (χ1) is 8.78. The Kier molecular flexibility index (Phi) is 5.02. The first-order valence-electron chi connectivity index (χ1n) is 6.92. The van der Waals surface area contributed by atoms with Crippen molar-refractivity contribution in [2.24, 2.45) is 11.7 Å². The maximum atomic E-state index is 5.84. The standard InChI is InChI=1S/C15H24N2O/c1-13(11-17-7-2-3-8-17)12-18-15-6-4-5-14(9-15)10-16/h4-6,9,13H,2-3,7-8,10-12,16H2,1H3. The van der Waals surface area contributed by atoms with E-state index in [0.29, 0.717) is 12.5 Å². The number of rotatable bonds is 6. The van der Waals surface area contributed by atoms with Crippen LogP contribution in [-0.2, 0) is 6.54 Å². The summed E-state index contributed by atoms with van der Waals surface area (Å²) in [4.78, 5) is 2.53. The molecule has 0 spiro atoms. The zero-order valence-corrected chi connectivity index (χ0v) is 11.3. The lowest BCUT2D eigenvalue weighted by Gasteiger charge is -2.20. The minimum atomic E-state index is 0.570. The third-order valence-corrected chi connectivity index (χ3v) is 3.44. The van der Waals surface area contributed by atoms with Gasteiger partial charge in [-0.3, -0.25) is 0 Å². The first-order valence-corrected chi connectivity index (χ1v) is 6.92. The molecular weight excluding hydrogens is 224 g/mol. The molecular formula is C15H24N2O. The van der Waals surface area contributed by atoms with E-state index in [1.807, 2.05) is 24.3 Å². The molecule has 1 unspecified atom stereocenters. The number of benzene rings is 1. The molecule has 0 aliphatic carbocycles. The maximum Gasteiger partial charge on any atom is 0.119 e. The third-order valence-electron chi connectivity index (χ3n) is 3.44. The molecule has 0 amide bonds. The van der Waals surface area contributed by atoms with Gasteiger partial charge < -0.3 is 15.4 Å². The fourth-order valence-electron chi connectivity index (χ4n) is 2.46. The molecule has 1 saturated heterocycles. The fraction of sp³-hybridized carbons (Fsp3) is 0.600. The van der Waals surface area contributed by atoms with E-state index in [0.717, 1.165) is 24.5 Å². The number of hydrogen-bond acceptors (Lipinski definition) is 3. The molecule has 0 bridgehead atoms. The first kappa shape index (κ1) is 13.4. The van der Waals surface area contributed by atoms with Crippen LogP contribution in [0.15, 0.2) is 24.3 Å². The highest BCUT2D eigenvalue weighted by Crippen LogP contribution is 2.15. The Morgan fingerprint density at radius 3 is 2.83 bits per heavy atom. The summed E-state index contributed by atoms with van der Waals surface area (Å²) in [7, 11) is 0. The normalized spacial score (nSPS) is 17.9. The van der Waals surface area contributed by atoms with Gasteiger partial charge in [0.1, 0.15) is 5.75 Å². The van der Waals surface area contributed by atoms with Crippen molar-refractivity contribution in [2.75, 3.05) is 26.2 Å². The van der Waals surface area contributed by atoms with Crippen molar-refractivity contribution >= 4 is 0 Å². The third kappa shape index (κ3) is 4.00. The summed E-state index contributed by atoms with van der Waals surface area (Å²) in [6.07, 6.45) is 2.71. The van der Waals surface area contributed by atoms with E-state index in [2.05, 4.69) is 11.8 Å². The van der Waals surface area contributed by atoms with Crippen molar-refractivity contribution in [1.29, 1.82) is 0 Å². The van der Waals surface area contributed by atoms with E-state index in [-0.39, 0.29) is 0 Å². The predicted octanol–water partition coefficient (Wildman–Crippen LogP) is 2.26. The van der Waals surface area contributed by atoms with E-state index < -0.39 is 0 Å². The molecule has 1 aliphatic heterocycles. The van der Waals surface area contributed by atoms with Crippen molar-refractivity contribution < 1.29 is 4.74 Å². The number of nitrogens with zero attached hydrogens (tertiary/aromatic N) is 1. The summed E-state index contributed by atoms with van der Waals surface area (Å²) in [5, 5.41) is 0. The lowest BCUT2D eigenvalue weighted by atomic mass is 10.2. The van der Waals surface area contributed by atoms with Crippen LogP contribution in [0.25, 0.3) is 0 Å². The van der Waals surface area contributed by atoms with Crippen LogP contribution in [0.1, 0.15) is 25.3 Å². The maximum absolute atomic E-state index is 5.84. The number of hydrogen-bond donors (Lipinski definition) is 1. The summed E-state index contributed by atoms with van der Waals surface area (Å²) >= 11 is 0. The van der Waals surface area contributed by atoms with Gasteiger partial charge in [0.25, 0.3) is 0 Å². The molecule has 100 valence electrons. The van der Waals surface area contributed by atoms with Gasteiger partial charge in [-0.1, -0.05) is 19.1 Å². The second-order valence-corrected chi connectivity index (χ2v) is 5.28. The molecule has 1 aliphatic rings. The Labute approximate surface area is 110 Å². The van der Waals surface area contributed by atoms with Gasteiger partial charge in [-0.05, 0) is 43.6 Å². The highest BCUT2D eigenvalue weighted by atomic mass is 16.5. The van der Waals surface area contributed by atoms with Crippen molar-refractivity contribution in [3.8, 4) is 5.75 Å². The largest absolute Gasteiger partial charge is 0.493 e. The van der Waals surface area contributed by atoms with Gasteiger partial charge in [-0.15, -0.1) is 0 Å². The van der Waals surface area contributed by atoms with Crippen LogP contribution in [0.2, 0.25) is 0 Å². The molecule has 1 atom stereocenters. The molecule has 0 aromatic heterocycles. The second-order valence-electron chi connectivity index (χ2n) is 5.28. The van der Waals surface area contributed by atoms with Crippen LogP contribution < -0.4 is 10.5 Å². The Morgan fingerprint density at radius 2 is 2.11 bits per heavy atom. The Hall–Kier alpha value is -1.06. The molecule has 0 saturated carbocycles. The summed E-state index contributed by atoms with van der Waals surface area (Å²) in [6.45, 7) is 7.27. The predicted molar refractivity (Wildman–Crippen MR) is 74.7 cm³/mol. The minimum Gasteiger partial charge on any atom is -0.493 e. The van der Waals surface area contributed by atoms with Crippen LogP contribution in [0.3, 0.4) is 0 Å². The van der Waals surface area contributed by atoms with Crippen LogP contribution in [0.5, 0.6) is 5.75 Å². The number of likely N-dealkylation sites (tertiary alicyclic amines) is 1. The number of ether oxygens (including phenoxy) is 1. The molecule has 18 heavy (non-hydrogen) atoms.